The molecule has 2 rings (SSSR count). The smallest absolute Gasteiger partial charge is 0.105 e. The summed E-state index contributed by atoms with van der Waals surface area (Å²) in [7, 11) is 0. The van der Waals surface area contributed by atoms with Crippen molar-refractivity contribution in [2.24, 2.45) is 5.73 Å². The van der Waals surface area contributed by atoms with Crippen molar-refractivity contribution in [3.8, 4) is 0 Å². The minimum atomic E-state index is 0.259. The van der Waals surface area contributed by atoms with E-state index in [2.05, 4.69) is 27.4 Å². The van der Waals surface area contributed by atoms with Gasteiger partial charge in [-0.1, -0.05) is 15.9 Å². The van der Waals surface area contributed by atoms with Crippen molar-refractivity contribution in [1.29, 1.82) is 0 Å². The van der Waals surface area contributed by atoms with Crippen LogP contribution in [0.25, 0.3) is 0 Å². The van der Waals surface area contributed by atoms with Crippen LogP contribution in [0.1, 0.15) is 25.7 Å². The maximum absolute atomic E-state index is 5.75. The van der Waals surface area contributed by atoms with Gasteiger partial charge in [-0.15, -0.1) is 0 Å². The van der Waals surface area contributed by atoms with Gasteiger partial charge in [-0.3, -0.25) is 0 Å². The third-order valence-electron chi connectivity index (χ3n) is 2.83. The van der Waals surface area contributed by atoms with Crippen LogP contribution in [-0.2, 0) is 0 Å². The number of halogens is 1. The second-order valence-corrected chi connectivity index (χ2v) is 4.53. The molecular formula is C10H15BrN2. The number of hydrogen-bond donors (Lipinski definition) is 2. The number of nitrogens with one attached hydrogen (secondary N) is 1. The number of allylic oxidation sites excluding steroid dienone is 2. The SMILES string of the molecule is NCC1=C2CCCCC2=CNC1Br. The molecule has 0 amide bonds. The van der Waals surface area contributed by atoms with Crippen molar-refractivity contribution in [3.63, 3.8) is 0 Å². The molecule has 13 heavy (non-hydrogen) atoms. The molecule has 2 aliphatic rings. The molecule has 3 N–H and O–H groups in total. The summed E-state index contributed by atoms with van der Waals surface area (Å²) >= 11 is 3.58. The number of nitrogens with two attached hydrogens (primary N) is 1. The highest BCUT2D eigenvalue weighted by Crippen LogP contribution is 2.34. The minimum absolute atomic E-state index is 0.259. The van der Waals surface area contributed by atoms with Gasteiger partial charge in [-0.25, -0.2) is 0 Å². The predicted molar refractivity (Wildman–Crippen MR) is 58.5 cm³/mol. The lowest BCUT2D eigenvalue weighted by molar-refractivity contribution is 0.644. The number of alkyl halides is 1. The summed E-state index contributed by atoms with van der Waals surface area (Å²) in [5, 5.41) is 3.30. The van der Waals surface area contributed by atoms with Gasteiger partial charge in [-0.05, 0) is 42.4 Å². The molecule has 1 atom stereocenters. The van der Waals surface area contributed by atoms with Gasteiger partial charge >= 0.3 is 0 Å². The Kier molecular flexibility index (Phi) is 2.74. The van der Waals surface area contributed by atoms with Crippen molar-refractivity contribution in [3.05, 3.63) is 22.9 Å². The van der Waals surface area contributed by atoms with Crippen LogP contribution in [0.15, 0.2) is 22.9 Å². The first-order valence-electron chi connectivity index (χ1n) is 4.84. The standard InChI is InChI=1S/C10H15BrN2/c11-10-9(5-12)8-4-2-1-3-7(8)6-13-10/h6,10,13H,1-5,12H2. The summed E-state index contributed by atoms with van der Waals surface area (Å²) in [6, 6.07) is 0. The lowest BCUT2D eigenvalue weighted by atomic mass is 9.85. The summed E-state index contributed by atoms with van der Waals surface area (Å²) < 4.78 is 0. The normalized spacial score (nSPS) is 27.8. The Morgan fingerprint density at radius 3 is 3.00 bits per heavy atom. The summed E-state index contributed by atoms with van der Waals surface area (Å²) in [4.78, 5) is 0.259. The van der Waals surface area contributed by atoms with Crippen molar-refractivity contribution in [1.82, 2.24) is 5.32 Å². The molecule has 0 aromatic heterocycles. The Morgan fingerprint density at radius 2 is 2.23 bits per heavy atom. The second kappa shape index (κ2) is 3.84. The Balaban J connectivity index is 2.32. The first kappa shape index (κ1) is 9.28. The number of rotatable bonds is 1. The molecule has 0 saturated heterocycles. The average Bonchev–Trinajstić information content (AvgIpc) is 2.18. The second-order valence-electron chi connectivity index (χ2n) is 3.61. The van der Waals surface area contributed by atoms with E-state index in [4.69, 9.17) is 5.73 Å². The largest absolute Gasteiger partial charge is 0.375 e. The summed E-state index contributed by atoms with van der Waals surface area (Å²) in [5.41, 5.74) is 10.1. The van der Waals surface area contributed by atoms with E-state index in [1.807, 2.05) is 0 Å². The lowest BCUT2D eigenvalue weighted by Crippen LogP contribution is -2.30. The quantitative estimate of drug-likeness (QED) is 0.546. The van der Waals surface area contributed by atoms with E-state index in [0.29, 0.717) is 6.54 Å². The van der Waals surface area contributed by atoms with Crippen LogP contribution in [0.2, 0.25) is 0 Å². The van der Waals surface area contributed by atoms with E-state index in [1.165, 1.54) is 42.4 Å². The van der Waals surface area contributed by atoms with Crippen LogP contribution in [0.5, 0.6) is 0 Å². The molecule has 1 saturated carbocycles. The Hall–Kier alpha value is -0.280. The Labute approximate surface area is 87.4 Å². The van der Waals surface area contributed by atoms with E-state index in [1.54, 1.807) is 0 Å². The number of dihydropyridines is 1. The molecule has 0 spiro atoms. The molecule has 1 fully saturated rings. The van der Waals surface area contributed by atoms with Gasteiger partial charge in [-0.2, -0.15) is 0 Å². The first-order valence-corrected chi connectivity index (χ1v) is 5.76. The maximum Gasteiger partial charge on any atom is 0.105 e. The van der Waals surface area contributed by atoms with Gasteiger partial charge in [0.05, 0.1) is 0 Å². The van der Waals surface area contributed by atoms with Crippen molar-refractivity contribution in [2.45, 2.75) is 30.6 Å². The topological polar surface area (TPSA) is 38.0 Å². The fraction of sp³-hybridized carbons (Fsp3) is 0.600. The van der Waals surface area contributed by atoms with Crippen LogP contribution in [0, 0.1) is 0 Å². The molecule has 0 aromatic carbocycles. The molecular weight excluding hydrogens is 228 g/mol. The number of hydrogen-bond acceptors (Lipinski definition) is 2. The molecule has 72 valence electrons. The predicted octanol–water partition coefficient (Wildman–Crippen LogP) is 2.02. The highest BCUT2D eigenvalue weighted by Gasteiger charge is 2.22. The molecule has 1 heterocycles. The van der Waals surface area contributed by atoms with Crippen LogP contribution in [-0.4, -0.2) is 11.5 Å². The maximum atomic E-state index is 5.75. The Morgan fingerprint density at radius 1 is 1.46 bits per heavy atom. The summed E-state index contributed by atoms with van der Waals surface area (Å²) in [6.07, 6.45) is 7.21. The lowest BCUT2D eigenvalue weighted by Gasteiger charge is -2.29. The zero-order valence-electron chi connectivity index (χ0n) is 7.65. The average molecular weight is 243 g/mol. The van der Waals surface area contributed by atoms with E-state index in [-0.39, 0.29) is 4.95 Å². The van der Waals surface area contributed by atoms with Gasteiger partial charge in [0.15, 0.2) is 0 Å². The molecule has 0 radical (unpaired) electrons. The van der Waals surface area contributed by atoms with E-state index < -0.39 is 0 Å². The highest BCUT2D eigenvalue weighted by molar-refractivity contribution is 9.09. The Bertz CT molecular complexity index is 268. The monoisotopic (exact) mass is 242 g/mol. The van der Waals surface area contributed by atoms with E-state index in [0.717, 1.165) is 0 Å². The van der Waals surface area contributed by atoms with Gasteiger partial charge in [0.2, 0.25) is 0 Å². The third kappa shape index (κ3) is 1.67. The zero-order chi connectivity index (χ0) is 9.26. The minimum Gasteiger partial charge on any atom is -0.375 e. The summed E-state index contributed by atoms with van der Waals surface area (Å²) in [6.45, 7) is 0.662. The molecule has 0 bridgehead atoms. The molecule has 1 aliphatic heterocycles. The molecule has 1 aliphatic carbocycles. The molecule has 2 nitrogen and oxygen atoms in total. The van der Waals surface area contributed by atoms with E-state index in [9.17, 15) is 0 Å². The van der Waals surface area contributed by atoms with Crippen molar-refractivity contribution < 1.29 is 0 Å². The number of fused-ring (bicyclic) bond motifs is 1. The van der Waals surface area contributed by atoms with E-state index >= 15 is 0 Å². The summed E-state index contributed by atoms with van der Waals surface area (Å²) in [5.74, 6) is 0. The third-order valence-corrected chi connectivity index (χ3v) is 3.64. The highest BCUT2D eigenvalue weighted by atomic mass is 79.9. The van der Waals surface area contributed by atoms with Crippen LogP contribution in [0.3, 0.4) is 0 Å². The van der Waals surface area contributed by atoms with Gasteiger partial charge in [0.25, 0.3) is 0 Å². The van der Waals surface area contributed by atoms with Gasteiger partial charge < -0.3 is 11.1 Å². The zero-order valence-corrected chi connectivity index (χ0v) is 9.23. The van der Waals surface area contributed by atoms with Crippen molar-refractivity contribution >= 4 is 15.9 Å². The van der Waals surface area contributed by atoms with Crippen molar-refractivity contribution in [2.75, 3.05) is 6.54 Å². The first-order chi connectivity index (χ1) is 6.33. The molecule has 0 aromatic rings. The molecule has 1 unspecified atom stereocenters. The van der Waals surface area contributed by atoms with Crippen LogP contribution in [0.4, 0.5) is 0 Å². The van der Waals surface area contributed by atoms with Gasteiger partial charge in [0.1, 0.15) is 4.95 Å². The molecule has 3 heteroatoms. The van der Waals surface area contributed by atoms with Crippen LogP contribution >= 0.6 is 15.9 Å². The van der Waals surface area contributed by atoms with Gasteiger partial charge in [0, 0.05) is 12.7 Å². The van der Waals surface area contributed by atoms with Crippen LogP contribution < -0.4 is 11.1 Å². The fourth-order valence-corrected chi connectivity index (χ4v) is 2.70. The fourth-order valence-electron chi connectivity index (χ4n) is 2.11.